The van der Waals surface area contributed by atoms with E-state index < -0.39 is 17.7 Å². The number of rotatable bonds is 3. The van der Waals surface area contributed by atoms with Crippen LogP contribution in [0.2, 0.25) is 0 Å². The predicted molar refractivity (Wildman–Crippen MR) is 70.9 cm³/mol. The molecular formula is C16H16F2O. The first-order valence-electron chi connectivity index (χ1n) is 6.17. The van der Waals surface area contributed by atoms with Crippen LogP contribution in [0.4, 0.5) is 8.78 Å². The van der Waals surface area contributed by atoms with Gasteiger partial charge in [-0.25, -0.2) is 8.78 Å². The highest BCUT2D eigenvalue weighted by Gasteiger charge is 2.17. The average Bonchev–Trinajstić information content (AvgIpc) is 2.37. The van der Waals surface area contributed by atoms with Gasteiger partial charge in [0, 0.05) is 12.0 Å². The topological polar surface area (TPSA) is 20.2 Å². The summed E-state index contributed by atoms with van der Waals surface area (Å²) in [6.45, 7) is 3.88. The van der Waals surface area contributed by atoms with Crippen molar-refractivity contribution < 1.29 is 13.9 Å². The summed E-state index contributed by atoms with van der Waals surface area (Å²) in [5, 5.41) is 10.1. The van der Waals surface area contributed by atoms with Gasteiger partial charge in [-0.3, -0.25) is 0 Å². The normalized spacial score (nSPS) is 12.5. The summed E-state index contributed by atoms with van der Waals surface area (Å²) in [5.74, 6) is -1.90. The Labute approximate surface area is 111 Å². The number of benzene rings is 2. The summed E-state index contributed by atoms with van der Waals surface area (Å²) in [4.78, 5) is 0. The van der Waals surface area contributed by atoms with Gasteiger partial charge >= 0.3 is 0 Å². The van der Waals surface area contributed by atoms with E-state index in [0.717, 1.165) is 22.8 Å². The zero-order chi connectivity index (χ0) is 14.0. The van der Waals surface area contributed by atoms with Crippen LogP contribution in [-0.4, -0.2) is 5.11 Å². The van der Waals surface area contributed by atoms with Crippen LogP contribution in [0, 0.1) is 25.5 Å². The molecule has 0 aromatic heterocycles. The number of hydrogen-bond donors (Lipinski definition) is 1. The number of aliphatic hydroxyl groups excluding tert-OH is 1. The highest BCUT2D eigenvalue weighted by molar-refractivity contribution is 5.35. The number of aliphatic hydroxyl groups is 1. The lowest BCUT2D eigenvalue weighted by Crippen LogP contribution is -2.08. The van der Waals surface area contributed by atoms with E-state index in [1.54, 1.807) is 0 Å². The van der Waals surface area contributed by atoms with E-state index in [1.807, 2.05) is 32.0 Å². The molecule has 19 heavy (non-hydrogen) atoms. The van der Waals surface area contributed by atoms with Crippen molar-refractivity contribution in [2.24, 2.45) is 0 Å². The van der Waals surface area contributed by atoms with Gasteiger partial charge in [0.1, 0.15) is 0 Å². The Morgan fingerprint density at radius 1 is 1.00 bits per heavy atom. The van der Waals surface area contributed by atoms with Crippen molar-refractivity contribution in [1.29, 1.82) is 0 Å². The maximum atomic E-state index is 13.6. The second-order valence-corrected chi connectivity index (χ2v) is 4.73. The van der Waals surface area contributed by atoms with E-state index in [1.165, 1.54) is 12.1 Å². The third-order valence-corrected chi connectivity index (χ3v) is 3.38. The quantitative estimate of drug-likeness (QED) is 0.890. The summed E-state index contributed by atoms with van der Waals surface area (Å²) >= 11 is 0. The highest BCUT2D eigenvalue weighted by Crippen LogP contribution is 2.25. The molecule has 100 valence electrons. The van der Waals surface area contributed by atoms with Gasteiger partial charge < -0.3 is 5.11 Å². The fourth-order valence-corrected chi connectivity index (χ4v) is 2.25. The fourth-order valence-electron chi connectivity index (χ4n) is 2.25. The summed E-state index contributed by atoms with van der Waals surface area (Å²) in [7, 11) is 0. The van der Waals surface area contributed by atoms with Crippen molar-refractivity contribution in [3.8, 4) is 0 Å². The van der Waals surface area contributed by atoms with Gasteiger partial charge in [-0.15, -0.1) is 0 Å². The lowest BCUT2D eigenvalue weighted by molar-refractivity contribution is 0.172. The van der Waals surface area contributed by atoms with Crippen LogP contribution in [0.15, 0.2) is 36.4 Å². The van der Waals surface area contributed by atoms with Crippen molar-refractivity contribution >= 4 is 0 Å². The number of halogens is 2. The maximum absolute atomic E-state index is 13.6. The van der Waals surface area contributed by atoms with Crippen molar-refractivity contribution in [2.45, 2.75) is 26.4 Å². The molecule has 0 amide bonds. The minimum atomic E-state index is -1.05. The van der Waals surface area contributed by atoms with Crippen LogP contribution >= 0.6 is 0 Å². The van der Waals surface area contributed by atoms with Crippen molar-refractivity contribution in [1.82, 2.24) is 0 Å². The van der Waals surface area contributed by atoms with Gasteiger partial charge in [0.25, 0.3) is 0 Å². The van der Waals surface area contributed by atoms with E-state index in [4.69, 9.17) is 0 Å². The molecule has 2 aromatic rings. The highest BCUT2D eigenvalue weighted by atomic mass is 19.2. The first-order chi connectivity index (χ1) is 9.00. The van der Waals surface area contributed by atoms with Gasteiger partial charge in [-0.1, -0.05) is 30.3 Å². The summed E-state index contributed by atoms with van der Waals surface area (Å²) in [6, 6.07) is 9.68. The molecule has 2 aromatic carbocycles. The van der Waals surface area contributed by atoms with E-state index in [-0.39, 0.29) is 12.0 Å². The molecule has 0 radical (unpaired) electrons. The third-order valence-electron chi connectivity index (χ3n) is 3.38. The molecule has 0 aliphatic rings. The molecule has 1 atom stereocenters. The van der Waals surface area contributed by atoms with Gasteiger partial charge in [-0.05, 0) is 36.6 Å². The molecule has 1 N–H and O–H groups in total. The molecule has 1 nitrogen and oxygen atoms in total. The number of hydrogen-bond acceptors (Lipinski definition) is 1. The van der Waals surface area contributed by atoms with Crippen LogP contribution in [-0.2, 0) is 6.42 Å². The van der Waals surface area contributed by atoms with Crippen molar-refractivity contribution in [3.05, 3.63) is 70.3 Å². The Kier molecular flexibility index (Phi) is 3.96. The van der Waals surface area contributed by atoms with Gasteiger partial charge in [0.2, 0.25) is 0 Å². The third kappa shape index (κ3) is 2.82. The SMILES string of the molecule is Cc1cccc(C)c1CC(O)c1cccc(F)c1F. The van der Waals surface area contributed by atoms with Crippen molar-refractivity contribution in [3.63, 3.8) is 0 Å². The summed E-state index contributed by atoms with van der Waals surface area (Å²) < 4.78 is 26.8. The standard InChI is InChI=1S/C16H16F2O/c1-10-5-3-6-11(2)13(10)9-15(19)12-7-4-8-14(17)16(12)18/h3-8,15,19H,9H2,1-2H3. The lowest BCUT2D eigenvalue weighted by atomic mass is 9.94. The Hall–Kier alpha value is -1.74. The Morgan fingerprint density at radius 3 is 2.21 bits per heavy atom. The van der Waals surface area contributed by atoms with Crippen LogP contribution in [0.1, 0.15) is 28.4 Å². The molecule has 0 bridgehead atoms. The van der Waals surface area contributed by atoms with E-state index in [0.29, 0.717) is 0 Å². The zero-order valence-electron chi connectivity index (χ0n) is 11.0. The first-order valence-corrected chi connectivity index (χ1v) is 6.17. The lowest BCUT2D eigenvalue weighted by Gasteiger charge is -2.16. The summed E-state index contributed by atoms with van der Waals surface area (Å²) in [5.41, 5.74) is 3.05. The Balaban J connectivity index is 2.31. The minimum Gasteiger partial charge on any atom is -0.388 e. The monoisotopic (exact) mass is 262 g/mol. The van der Waals surface area contributed by atoms with Crippen LogP contribution in [0.3, 0.4) is 0 Å². The molecule has 1 unspecified atom stereocenters. The largest absolute Gasteiger partial charge is 0.388 e. The molecule has 0 heterocycles. The van der Waals surface area contributed by atoms with Crippen LogP contribution < -0.4 is 0 Å². The molecule has 0 saturated heterocycles. The zero-order valence-corrected chi connectivity index (χ0v) is 11.0. The molecule has 0 aliphatic heterocycles. The minimum absolute atomic E-state index is 0.00246. The second kappa shape index (κ2) is 5.49. The van der Waals surface area contributed by atoms with Gasteiger partial charge in [0.05, 0.1) is 6.10 Å². The Morgan fingerprint density at radius 2 is 1.58 bits per heavy atom. The Bertz CT molecular complexity index is 573. The molecule has 2 rings (SSSR count). The van der Waals surface area contributed by atoms with Gasteiger partial charge in [0.15, 0.2) is 11.6 Å². The van der Waals surface area contributed by atoms with Crippen LogP contribution in [0.25, 0.3) is 0 Å². The first kappa shape index (κ1) is 13.7. The molecule has 0 spiro atoms. The average molecular weight is 262 g/mol. The van der Waals surface area contributed by atoms with Crippen LogP contribution in [0.5, 0.6) is 0 Å². The molecular weight excluding hydrogens is 246 g/mol. The molecule has 0 fully saturated rings. The fraction of sp³-hybridized carbons (Fsp3) is 0.250. The van der Waals surface area contributed by atoms with E-state index in [2.05, 4.69) is 0 Å². The summed E-state index contributed by atoms with van der Waals surface area (Å²) in [6.07, 6.45) is -0.769. The smallest absolute Gasteiger partial charge is 0.164 e. The molecule has 0 aliphatic carbocycles. The van der Waals surface area contributed by atoms with Crippen molar-refractivity contribution in [2.75, 3.05) is 0 Å². The maximum Gasteiger partial charge on any atom is 0.164 e. The van der Waals surface area contributed by atoms with E-state index >= 15 is 0 Å². The number of aryl methyl sites for hydroxylation is 2. The van der Waals surface area contributed by atoms with E-state index in [9.17, 15) is 13.9 Å². The predicted octanol–water partition coefficient (Wildman–Crippen LogP) is 3.86. The molecule has 3 heteroatoms. The molecule has 0 saturated carbocycles. The van der Waals surface area contributed by atoms with Gasteiger partial charge in [-0.2, -0.15) is 0 Å². The second-order valence-electron chi connectivity index (χ2n) is 4.73.